The fourth-order valence-electron chi connectivity index (χ4n) is 3.92. The first-order chi connectivity index (χ1) is 16.9. The normalized spacial score (nSPS) is 11.8. The fourth-order valence-corrected chi connectivity index (χ4v) is 4.09. The third-order valence-corrected chi connectivity index (χ3v) is 5.81. The van der Waals surface area contributed by atoms with E-state index in [1.807, 2.05) is 6.07 Å². The van der Waals surface area contributed by atoms with E-state index < -0.39 is 11.8 Å². The zero-order chi connectivity index (χ0) is 24.5. The molecule has 36 heavy (non-hydrogen) atoms. The summed E-state index contributed by atoms with van der Waals surface area (Å²) in [5.74, 6) is -1.06. The number of carbonyl (C=O) groups is 1. The fraction of sp³-hybridized carbons (Fsp3) is 0.0769. The van der Waals surface area contributed by atoms with E-state index >= 15 is 0 Å². The Labute approximate surface area is 233 Å². The third-order valence-electron chi connectivity index (χ3n) is 5.57. The summed E-state index contributed by atoms with van der Waals surface area (Å²) in [4.78, 5) is 24.8. The first-order valence-corrected chi connectivity index (χ1v) is 10.9. The molecule has 0 saturated heterocycles. The Morgan fingerprint density at radius 2 is 1.89 bits per heavy atom. The van der Waals surface area contributed by atoms with Crippen molar-refractivity contribution in [1.82, 2.24) is 9.97 Å². The number of aliphatic imine (C=N–C) groups is 1. The number of ether oxygens (including phenoxy) is 1. The minimum atomic E-state index is -1.25. The second-order valence-corrected chi connectivity index (χ2v) is 8.17. The van der Waals surface area contributed by atoms with Gasteiger partial charge in [-0.15, -0.1) is 0 Å². The predicted molar refractivity (Wildman–Crippen MR) is 129 cm³/mol. The molecule has 1 aliphatic rings. The Balaban J connectivity index is 0.00000304. The van der Waals surface area contributed by atoms with Gasteiger partial charge < -0.3 is 20.0 Å². The van der Waals surface area contributed by atoms with Crippen molar-refractivity contribution in [2.75, 3.05) is 12.4 Å². The average Bonchev–Trinajstić information content (AvgIpc) is 3.00. The van der Waals surface area contributed by atoms with Gasteiger partial charge in [-0.2, -0.15) is 0 Å². The van der Waals surface area contributed by atoms with Crippen molar-refractivity contribution >= 4 is 34.9 Å². The Morgan fingerprint density at radius 3 is 2.61 bits per heavy atom. The van der Waals surface area contributed by atoms with Crippen LogP contribution < -0.4 is 44.7 Å². The molecule has 0 bridgehead atoms. The van der Waals surface area contributed by atoms with Gasteiger partial charge in [-0.3, -0.25) is 4.99 Å². The molecule has 0 aliphatic carbocycles. The summed E-state index contributed by atoms with van der Waals surface area (Å²) in [5.41, 5.74) is 4.01. The smallest absolute Gasteiger partial charge is 0.545 e. The Hall–Kier alpha value is -3.30. The van der Waals surface area contributed by atoms with E-state index in [4.69, 9.17) is 26.3 Å². The first-order valence-electron chi connectivity index (χ1n) is 10.6. The Kier molecular flexibility index (Phi) is 7.70. The van der Waals surface area contributed by atoms with Crippen molar-refractivity contribution in [3.63, 3.8) is 0 Å². The van der Waals surface area contributed by atoms with Gasteiger partial charge in [0.25, 0.3) is 0 Å². The van der Waals surface area contributed by atoms with E-state index in [1.165, 1.54) is 25.3 Å². The SMILES string of the molecule is COc1cccc(F)c1C1=NCc2cnc(Nc3ccc(C(=O)[O-])cc3)nc2-c2ccc(Cl)cc21.[Na+]. The molecule has 0 fully saturated rings. The van der Waals surface area contributed by atoms with E-state index in [0.717, 1.165) is 5.56 Å². The van der Waals surface area contributed by atoms with Crippen LogP contribution in [0.3, 0.4) is 0 Å². The van der Waals surface area contributed by atoms with Crippen LogP contribution in [-0.2, 0) is 6.54 Å². The van der Waals surface area contributed by atoms with Gasteiger partial charge in [-0.1, -0.05) is 35.9 Å². The topological polar surface area (TPSA) is 99.5 Å². The van der Waals surface area contributed by atoms with Crippen LogP contribution >= 0.6 is 11.6 Å². The van der Waals surface area contributed by atoms with Gasteiger partial charge in [0.05, 0.1) is 36.6 Å². The summed E-state index contributed by atoms with van der Waals surface area (Å²) in [5, 5.41) is 14.5. The van der Waals surface area contributed by atoms with Crippen LogP contribution in [0.15, 0.2) is 71.9 Å². The molecule has 2 heterocycles. The number of benzene rings is 3. The molecule has 0 radical (unpaired) electrons. The number of rotatable bonds is 5. The molecule has 0 atom stereocenters. The monoisotopic (exact) mass is 510 g/mol. The maximum Gasteiger partial charge on any atom is 1.00 e. The Morgan fingerprint density at radius 1 is 1.11 bits per heavy atom. The number of halogens is 2. The summed E-state index contributed by atoms with van der Waals surface area (Å²) in [6.45, 7) is 0.217. The number of fused-ring (bicyclic) bond motifs is 3. The van der Waals surface area contributed by atoms with E-state index in [-0.39, 0.29) is 47.2 Å². The summed E-state index contributed by atoms with van der Waals surface area (Å²) in [6.07, 6.45) is 1.66. The van der Waals surface area contributed by atoms with Crippen LogP contribution in [0.4, 0.5) is 16.0 Å². The number of aromatic carboxylic acids is 1. The van der Waals surface area contributed by atoms with Gasteiger partial charge in [0.1, 0.15) is 11.6 Å². The Bertz CT molecular complexity index is 1500. The molecule has 0 unspecified atom stereocenters. The zero-order valence-electron chi connectivity index (χ0n) is 19.4. The molecule has 7 nitrogen and oxygen atoms in total. The minimum Gasteiger partial charge on any atom is -0.545 e. The van der Waals surface area contributed by atoms with E-state index in [1.54, 1.807) is 42.6 Å². The predicted octanol–water partition coefficient (Wildman–Crippen LogP) is 1.41. The molecule has 3 aromatic carbocycles. The van der Waals surface area contributed by atoms with Gasteiger partial charge in [-0.25, -0.2) is 14.4 Å². The van der Waals surface area contributed by atoms with Crippen molar-refractivity contribution < 1.29 is 48.6 Å². The average molecular weight is 511 g/mol. The number of hydrogen-bond donors (Lipinski definition) is 1. The van der Waals surface area contributed by atoms with Gasteiger partial charge in [0, 0.05) is 33.6 Å². The van der Waals surface area contributed by atoms with Crippen LogP contribution in [0.25, 0.3) is 11.3 Å². The number of hydrogen-bond acceptors (Lipinski definition) is 7. The quantitative estimate of drug-likeness (QED) is 0.408. The van der Waals surface area contributed by atoms with Gasteiger partial charge >= 0.3 is 29.6 Å². The van der Waals surface area contributed by atoms with E-state index in [0.29, 0.717) is 44.9 Å². The summed E-state index contributed by atoms with van der Waals surface area (Å²) in [6, 6.07) is 15.9. The number of carbonyl (C=O) groups excluding carboxylic acids is 1. The maximum absolute atomic E-state index is 15.0. The van der Waals surface area contributed by atoms with E-state index in [2.05, 4.69) is 10.3 Å². The van der Waals surface area contributed by atoms with Crippen molar-refractivity contribution in [2.45, 2.75) is 6.54 Å². The van der Waals surface area contributed by atoms with Crippen molar-refractivity contribution in [3.05, 3.63) is 100.0 Å². The second kappa shape index (κ2) is 10.8. The molecule has 1 aliphatic heterocycles. The molecule has 174 valence electrons. The minimum absolute atomic E-state index is 0. The summed E-state index contributed by atoms with van der Waals surface area (Å²) in [7, 11) is 1.48. The van der Waals surface area contributed by atoms with Crippen LogP contribution in [-0.4, -0.2) is 28.8 Å². The third kappa shape index (κ3) is 4.99. The number of carboxylic acids is 1. The van der Waals surface area contributed by atoms with Crippen molar-refractivity contribution in [1.29, 1.82) is 0 Å². The maximum atomic E-state index is 15.0. The zero-order valence-corrected chi connectivity index (χ0v) is 22.1. The molecular weight excluding hydrogens is 494 g/mol. The summed E-state index contributed by atoms with van der Waals surface area (Å²) < 4.78 is 20.4. The molecule has 10 heteroatoms. The van der Waals surface area contributed by atoms with Crippen LogP contribution in [0.5, 0.6) is 5.75 Å². The molecule has 4 aromatic rings. The molecular formula is C26H17ClFN4NaO3. The number of nitrogens with zero attached hydrogens (tertiary/aromatic N) is 3. The van der Waals surface area contributed by atoms with Gasteiger partial charge in [0.2, 0.25) is 5.95 Å². The van der Waals surface area contributed by atoms with Crippen LogP contribution in [0.1, 0.15) is 27.0 Å². The molecule has 0 amide bonds. The molecule has 1 aromatic heterocycles. The number of carboxylic acid groups (broad SMARTS) is 1. The van der Waals surface area contributed by atoms with Crippen LogP contribution in [0, 0.1) is 5.82 Å². The standard InChI is InChI=1S/C26H18ClFN4O3.Na/c1-35-21-4-2-3-20(28)22(21)24-19-11-16(27)7-10-18(19)23-15(12-29-24)13-30-26(32-23)31-17-8-5-14(6-9-17)25(33)34;/h2-11,13H,12H2,1H3,(H,33,34)(H,30,31,32);/q;+1/p-1. The first kappa shape index (κ1) is 25.8. The largest absolute Gasteiger partial charge is 1.00 e. The molecule has 0 saturated carbocycles. The van der Waals surface area contributed by atoms with Crippen molar-refractivity contribution in [3.8, 4) is 17.0 Å². The number of methoxy groups -OCH3 is 1. The number of nitrogens with one attached hydrogen (secondary N) is 1. The van der Waals surface area contributed by atoms with E-state index in [9.17, 15) is 14.3 Å². The van der Waals surface area contributed by atoms with Crippen molar-refractivity contribution in [2.24, 2.45) is 4.99 Å². The van der Waals surface area contributed by atoms with Crippen LogP contribution in [0.2, 0.25) is 5.02 Å². The summed E-state index contributed by atoms with van der Waals surface area (Å²) >= 11 is 6.33. The second-order valence-electron chi connectivity index (χ2n) is 7.73. The molecule has 1 N–H and O–H groups in total. The molecule has 0 spiro atoms. The number of aromatic nitrogens is 2. The molecule has 5 rings (SSSR count). The van der Waals surface area contributed by atoms with Gasteiger partial charge in [0.15, 0.2) is 0 Å². The number of anilines is 2. The van der Waals surface area contributed by atoms with Gasteiger partial charge in [-0.05, 0) is 42.0 Å².